The van der Waals surface area contributed by atoms with Crippen molar-refractivity contribution in [2.45, 2.75) is 43.9 Å². The number of nitrogens with one attached hydrogen (secondary N) is 1. The number of aromatic nitrogens is 2. The zero-order valence-corrected chi connectivity index (χ0v) is 19.9. The van der Waals surface area contributed by atoms with Crippen molar-refractivity contribution in [2.75, 3.05) is 27.4 Å². The molecule has 176 valence electrons. The van der Waals surface area contributed by atoms with Crippen LogP contribution in [-0.2, 0) is 33.4 Å². The number of benzene rings is 1. The quantitative estimate of drug-likeness (QED) is 0.485. The normalized spacial score (nSPS) is 11.4. The van der Waals surface area contributed by atoms with Crippen LogP contribution in [0.3, 0.4) is 0 Å². The van der Waals surface area contributed by atoms with Crippen LogP contribution in [0, 0.1) is 0 Å². The molecule has 0 radical (unpaired) electrons. The molecule has 0 aliphatic carbocycles. The molecule has 0 atom stereocenters. The first-order valence-corrected chi connectivity index (χ1v) is 11.9. The van der Waals surface area contributed by atoms with E-state index in [0.29, 0.717) is 30.2 Å². The van der Waals surface area contributed by atoms with Gasteiger partial charge in [-0.2, -0.15) is 0 Å². The molecule has 2 aromatic rings. The maximum Gasteiger partial charge on any atom is 0.318 e. The largest absolute Gasteiger partial charge is 0.497 e. The van der Waals surface area contributed by atoms with Gasteiger partial charge in [0.25, 0.3) is 0 Å². The van der Waals surface area contributed by atoms with E-state index in [-0.39, 0.29) is 36.1 Å². The molecule has 0 spiro atoms. The Hall–Kier alpha value is -2.85. The third-order valence-corrected chi connectivity index (χ3v) is 6.19. The van der Waals surface area contributed by atoms with E-state index in [1.165, 1.54) is 13.3 Å². The van der Waals surface area contributed by atoms with Crippen molar-refractivity contribution in [1.29, 1.82) is 0 Å². The second-order valence-corrected chi connectivity index (χ2v) is 9.44. The molecule has 9 nitrogen and oxygen atoms in total. The minimum Gasteiger partial charge on any atom is -0.497 e. The first kappa shape index (κ1) is 25.4. The molecule has 32 heavy (non-hydrogen) atoms. The topological polar surface area (TPSA) is 103 Å². The lowest BCUT2D eigenvalue weighted by molar-refractivity contribution is 0.180. The van der Waals surface area contributed by atoms with Gasteiger partial charge in [0.2, 0.25) is 15.0 Å². The Kier molecular flexibility index (Phi) is 9.27. The van der Waals surface area contributed by atoms with E-state index in [9.17, 15) is 13.2 Å². The lowest BCUT2D eigenvalue weighted by Crippen LogP contribution is -2.43. The van der Waals surface area contributed by atoms with Gasteiger partial charge in [-0.1, -0.05) is 18.2 Å². The van der Waals surface area contributed by atoms with Crippen LogP contribution >= 0.6 is 0 Å². The van der Waals surface area contributed by atoms with E-state index < -0.39 is 9.84 Å². The van der Waals surface area contributed by atoms with Gasteiger partial charge in [-0.3, -0.25) is 0 Å². The minimum atomic E-state index is -3.76. The van der Waals surface area contributed by atoms with Crippen molar-refractivity contribution in [3.8, 4) is 5.75 Å². The number of nitrogens with zero attached hydrogens (tertiary/aromatic N) is 3. The molecule has 10 heteroatoms. The van der Waals surface area contributed by atoms with E-state index >= 15 is 0 Å². The van der Waals surface area contributed by atoms with Gasteiger partial charge in [0, 0.05) is 26.2 Å². The highest BCUT2D eigenvalue weighted by atomic mass is 32.2. The van der Waals surface area contributed by atoms with Crippen molar-refractivity contribution in [2.24, 2.45) is 0 Å². The van der Waals surface area contributed by atoms with Gasteiger partial charge in [-0.25, -0.2) is 18.2 Å². The molecule has 2 rings (SSSR count). The van der Waals surface area contributed by atoms with Crippen molar-refractivity contribution >= 4 is 15.9 Å². The third kappa shape index (κ3) is 6.83. The van der Waals surface area contributed by atoms with Crippen LogP contribution in [0.2, 0.25) is 0 Å². The van der Waals surface area contributed by atoms with Crippen LogP contribution in [0.4, 0.5) is 4.79 Å². The van der Waals surface area contributed by atoms with Crippen molar-refractivity contribution in [3.05, 3.63) is 54.4 Å². The number of imidazole rings is 1. The predicted octanol–water partition coefficient (Wildman–Crippen LogP) is 2.62. The Labute approximate surface area is 190 Å². The SMILES string of the molecule is C=CCN(Cc1cnc(S(=O)(=O)Cc2cccc(OC)c2)n1CCOC)C(=O)NC(C)C. The number of hydrogen-bond donors (Lipinski definition) is 1. The Morgan fingerprint density at radius 3 is 2.72 bits per heavy atom. The smallest absolute Gasteiger partial charge is 0.318 e. The summed E-state index contributed by atoms with van der Waals surface area (Å²) in [6, 6.07) is 6.61. The predicted molar refractivity (Wildman–Crippen MR) is 122 cm³/mol. The third-order valence-electron chi connectivity index (χ3n) is 4.59. The molecular weight excluding hydrogens is 432 g/mol. The molecular formula is C22H32N4O5S. The number of methoxy groups -OCH3 is 2. The number of carbonyl (C=O) groups is 1. The monoisotopic (exact) mass is 464 g/mol. The number of rotatable bonds is 12. The van der Waals surface area contributed by atoms with Crippen LogP contribution in [-0.4, -0.2) is 62.3 Å². The highest BCUT2D eigenvalue weighted by molar-refractivity contribution is 7.90. The van der Waals surface area contributed by atoms with Crippen molar-refractivity contribution in [3.63, 3.8) is 0 Å². The molecule has 1 aromatic heterocycles. The van der Waals surface area contributed by atoms with Crippen LogP contribution < -0.4 is 10.1 Å². The molecule has 0 aliphatic heterocycles. The summed E-state index contributed by atoms with van der Waals surface area (Å²) in [6.07, 6.45) is 3.11. The Balaban J connectivity index is 2.37. The van der Waals surface area contributed by atoms with Gasteiger partial charge in [-0.15, -0.1) is 6.58 Å². The molecule has 1 N–H and O–H groups in total. The second kappa shape index (κ2) is 11.7. The summed E-state index contributed by atoms with van der Waals surface area (Å²) in [5, 5.41) is 2.79. The summed E-state index contributed by atoms with van der Waals surface area (Å²) in [6.45, 7) is 8.52. The highest BCUT2D eigenvalue weighted by Crippen LogP contribution is 2.21. The molecule has 0 saturated carbocycles. The van der Waals surface area contributed by atoms with Crippen molar-refractivity contribution < 1.29 is 22.7 Å². The fourth-order valence-corrected chi connectivity index (χ4v) is 4.65. The van der Waals surface area contributed by atoms with Gasteiger partial charge >= 0.3 is 6.03 Å². The average Bonchev–Trinajstić information content (AvgIpc) is 3.14. The molecule has 0 aliphatic rings. The number of amides is 2. The maximum absolute atomic E-state index is 13.2. The van der Waals surface area contributed by atoms with E-state index in [0.717, 1.165) is 0 Å². The number of hydrogen-bond acceptors (Lipinski definition) is 6. The molecule has 0 fully saturated rings. The van der Waals surface area contributed by atoms with Gasteiger partial charge in [-0.05, 0) is 31.5 Å². The fraction of sp³-hybridized carbons (Fsp3) is 0.455. The van der Waals surface area contributed by atoms with Crippen molar-refractivity contribution in [1.82, 2.24) is 19.8 Å². The molecule has 1 aromatic carbocycles. The Bertz CT molecular complexity index is 1020. The molecule has 1 heterocycles. The zero-order chi connectivity index (χ0) is 23.7. The van der Waals surface area contributed by atoms with E-state index in [1.807, 2.05) is 13.8 Å². The van der Waals surface area contributed by atoms with E-state index in [1.54, 1.807) is 46.9 Å². The Morgan fingerprint density at radius 2 is 2.09 bits per heavy atom. The van der Waals surface area contributed by atoms with Gasteiger partial charge in [0.05, 0.1) is 37.9 Å². The molecule has 0 unspecified atom stereocenters. The highest BCUT2D eigenvalue weighted by Gasteiger charge is 2.25. The van der Waals surface area contributed by atoms with Crippen LogP contribution in [0.25, 0.3) is 0 Å². The van der Waals surface area contributed by atoms with Gasteiger partial charge in [0.15, 0.2) is 0 Å². The average molecular weight is 465 g/mol. The first-order chi connectivity index (χ1) is 15.2. The Morgan fingerprint density at radius 1 is 1.34 bits per heavy atom. The lowest BCUT2D eigenvalue weighted by Gasteiger charge is -2.23. The van der Waals surface area contributed by atoms with Gasteiger partial charge in [0.1, 0.15) is 5.75 Å². The van der Waals surface area contributed by atoms with E-state index in [4.69, 9.17) is 9.47 Å². The second-order valence-electron chi connectivity index (χ2n) is 7.56. The summed E-state index contributed by atoms with van der Waals surface area (Å²) in [5.74, 6) is 0.357. The molecule has 2 amide bonds. The summed E-state index contributed by atoms with van der Waals surface area (Å²) in [5.41, 5.74) is 1.18. The standard InChI is InChI=1S/C22H32N4O5S/c1-6-10-25(21(27)24-17(2)3)15-19-14-23-22(26(19)11-12-30-4)32(28,29)16-18-8-7-9-20(13-18)31-5/h6-9,13-14,17H,1,10-12,15-16H2,2-5H3,(H,24,27). The molecule has 0 bridgehead atoms. The summed E-state index contributed by atoms with van der Waals surface area (Å²) >= 11 is 0. The van der Waals surface area contributed by atoms with Gasteiger partial charge < -0.3 is 24.3 Å². The summed E-state index contributed by atoms with van der Waals surface area (Å²) < 4.78 is 38.4. The summed E-state index contributed by atoms with van der Waals surface area (Å²) in [4.78, 5) is 18.3. The van der Waals surface area contributed by atoms with Crippen LogP contribution in [0.1, 0.15) is 25.1 Å². The van der Waals surface area contributed by atoms with Crippen LogP contribution in [0.5, 0.6) is 5.75 Å². The number of ether oxygens (including phenoxy) is 2. The number of urea groups is 1. The maximum atomic E-state index is 13.2. The zero-order valence-electron chi connectivity index (χ0n) is 19.1. The number of sulfone groups is 1. The van der Waals surface area contributed by atoms with E-state index in [2.05, 4.69) is 16.9 Å². The lowest BCUT2D eigenvalue weighted by atomic mass is 10.2. The first-order valence-electron chi connectivity index (χ1n) is 10.3. The fourth-order valence-electron chi connectivity index (χ4n) is 3.14. The van der Waals surface area contributed by atoms with Crippen LogP contribution in [0.15, 0.2) is 48.3 Å². The molecule has 0 saturated heterocycles. The number of carbonyl (C=O) groups excluding carboxylic acids is 1. The summed E-state index contributed by atoms with van der Waals surface area (Å²) in [7, 11) is -0.692. The minimum absolute atomic E-state index is 0.0352.